The summed E-state index contributed by atoms with van der Waals surface area (Å²) in [5.41, 5.74) is 2.03. The van der Waals surface area contributed by atoms with Gasteiger partial charge in [0, 0.05) is 20.1 Å². The van der Waals surface area contributed by atoms with Crippen LogP contribution in [0.15, 0.2) is 51.1 Å². The smallest absolute Gasteiger partial charge is 0.297 e. The van der Waals surface area contributed by atoms with Crippen LogP contribution in [0.5, 0.6) is 0 Å². The number of rotatable bonds is 5. The first kappa shape index (κ1) is 18.9. The lowest BCUT2D eigenvalue weighted by Gasteiger charge is -2.24. The van der Waals surface area contributed by atoms with Crippen LogP contribution < -0.4 is 16.3 Å². The van der Waals surface area contributed by atoms with E-state index in [1.165, 1.54) is 9.13 Å². The van der Waals surface area contributed by atoms with Gasteiger partial charge in [0.1, 0.15) is 0 Å². The molecule has 0 aliphatic carbocycles. The van der Waals surface area contributed by atoms with E-state index in [4.69, 9.17) is 0 Å². The highest BCUT2D eigenvalue weighted by molar-refractivity contribution is 5.87. The molecule has 150 valence electrons. The maximum absolute atomic E-state index is 13.2. The quantitative estimate of drug-likeness (QED) is 0.667. The average molecular weight is 392 g/mol. The van der Waals surface area contributed by atoms with Gasteiger partial charge in [-0.3, -0.25) is 18.5 Å². The summed E-state index contributed by atoms with van der Waals surface area (Å²) in [7, 11) is 1.65. The van der Waals surface area contributed by atoms with E-state index in [0.717, 1.165) is 17.7 Å². The van der Waals surface area contributed by atoms with Gasteiger partial charge >= 0.3 is 5.69 Å². The van der Waals surface area contributed by atoms with Crippen molar-refractivity contribution < 1.29 is 0 Å². The highest BCUT2D eigenvalue weighted by Crippen LogP contribution is 2.23. The van der Waals surface area contributed by atoms with Gasteiger partial charge in [-0.2, -0.15) is 10.1 Å². The minimum atomic E-state index is -0.379. The molecule has 2 aromatic heterocycles. The number of benzene rings is 1. The van der Waals surface area contributed by atoms with Crippen molar-refractivity contribution >= 4 is 28.9 Å². The van der Waals surface area contributed by atoms with Crippen molar-refractivity contribution in [2.24, 2.45) is 12.1 Å². The Bertz CT molecular complexity index is 1230. The van der Waals surface area contributed by atoms with E-state index in [9.17, 15) is 9.59 Å². The number of anilines is 1. The van der Waals surface area contributed by atoms with E-state index in [1.807, 2.05) is 59.0 Å². The molecule has 0 spiro atoms. The Morgan fingerprint density at radius 3 is 2.66 bits per heavy atom. The molecule has 1 aliphatic heterocycles. The first-order valence-electron chi connectivity index (χ1n) is 9.74. The lowest BCUT2D eigenvalue weighted by atomic mass is 10.2. The number of aromatic nitrogens is 4. The fraction of sp³-hybridized carbons (Fsp3) is 0.333. The summed E-state index contributed by atoms with van der Waals surface area (Å²) in [6.07, 6.45) is 4.63. The zero-order chi connectivity index (χ0) is 20.5. The van der Waals surface area contributed by atoms with Crippen molar-refractivity contribution in [3.05, 3.63) is 62.8 Å². The van der Waals surface area contributed by atoms with E-state index < -0.39 is 0 Å². The average Bonchev–Trinajstić information content (AvgIpc) is 3.10. The second-order valence-corrected chi connectivity index (χ2v) is 7.20. The summed E-state index contributed by atoms with van der Waals surface area (Å²) in [6, 6.07) is 9.78. The molecule has 3 aromatic rings. The standard InChI is InChI=1S/C21H24N6O2/c1-4-12-27-20-22-18-17(26(20)14-15(2)23-27)19(28)25(21(29)24(18)3)13-8-11-16-9-6-5-7-10-16/h5-11H,4,12-14H2,1-3H3. The predicted octanol–water partition coefficient (Wildman–Crippen LogP) is 2.22. The Labute approximate surface area is 168 Å². The van der Waals surface area contributed by atoms with Crippen molar-refractivity contribution in [1.82, 2.24) is 18.7 Å². The molecule has 3 heterocycles. The fourth-order valence-corrected chi connectivity index (χ4v) is 3.60. The van der Waals surface area contributed by atoms with Gasteiger partial charge in [-0.1, -0.05) is 49.4 Å². The molecule has 8 heteroatoms. The number of nitrogens with zero attached hydrogens (tertiary/aromatic N) is 6. The van der Waals surface area contributed by atoms with Crippen LogP contribution in [-0.2, 0) is 20.1 Å². The molecule has 0 bridgehead atoms. The molecule has 29 heavy (non-hydrogen) atoms. The van der Waals surface area contributed by atoms with Gasteiger partial charge in [-0.25, -0.2) is 9.80 Å². The van der Waals surface area contributed by atoms with Crippen LogP contribution in [0, 0.1) is 0 Å². The van der Waals surface area contributed by atoms with E-state index >= 15 is 0 Å². The van der Waals surface area contributed by atoms with Crippen LogP contribution >= 0.6 is 0 Å². The third-order valence-corrected chi connectivity index (χ3v) is 4.95. The molecule has 0 unspecified atom stereocenters. The van der Waals surface area contributed by atoms with Gasteiger partial charge in [0.15, 0.2) is 11.2 Å². The molecule has 0 saturated carbocycles. The molecule has 0 saturated heterocycles. The minimum Gasteiger partial charge on any atom is -0.297 e. The minimum absolute atomic E-state index is 0.197. The summed E-state index contributed by atoms with van der Waals surface area (Å²) in [6.45, 7) is 5.37. The summed E-state index contributed by atoms with van der Waals surface area (Å²) >= 11 is 0. The summed E-state index contributed by atoms with van der Waals surface area (Å²) in [4.78, 5) is 30.7. The zero-order valence-corrected chi connectivity index (χ0v) is 16.9. The maximum atomic E-state index is 13.2. The van der Waals surface area contributed by atoms with Crippen LogP contribution in [0.4, 0.5) is 5.95 Å². The number of allylic oxidation sites excluding steroid dienone is 1. The van der Waals surface area contributed by atoms with E-state index in [-0.39, 0.29) is 17.8 Å². The van der Waals surface area contributed by atoms with Crippen LogP contribution in [0.3, 0.4) is 0 Å². The number of imidazole rings is 1. The van der Waals surface area contributed by atoms with Crippen molar-refractivity contribution in [2.45, 2.75) is 33.4 Å². The Hall–Kier alpha value is -3.42. The SMILES string of the molecule is CCCN1N=C(C)Cn2c1nc1c2c(=O)n(CC=Cc2ccccc2)c(=O)n1C. The van der Waals surface area contributed by atoms with Crippen LogP contribution in [-0.4, -0.2) is 30.9 Å². The number of hydrogen-bond donors (Lipinski definition) is 0. The summed E-state index contributed by atoms with van der Waals surface area (Å²) < 4.78 is 4.56. The Morgan fingerprint density at radius 2 is 1.93 bits per heavy atom. The third kappa shape index (κ3) is 3.30. The zero-order valence-electron chi connectivity index (χ0n) is 16.9. The van der Waals surface area contributed by atoms with E-state index in [0.29, 0.717) is 30.2 Å². The molecule has 1 aromatic carbocycles. The van der Waals surface area contributed by atoms with Gasteiger partial charge in [-0.05, 0) is 18.9 Å². The fourth-order valence-electron chi connectivity index (χ4n) is 3.60. The second kappa shape index (κ2) is 7.54. The Balaban J connectivity index is 1.82. The summed E-state index contributed by atoms with van der Waals surface area (Å²) in [5.74, 6) is 0.608. The highest BCUT2D eigenvalue weighted by atomic mass is 16.2. The number of fused-ring (bicyclic) bond motifs is 3. The summed E-state index contributed by atoms with van der Waals surface area (Å²) in [5, 5.41) is 6.36. The van der Waals surface area contributed by atoms with Crippen molar-refractivity contribution in [3.8, 4) is 0 Å². The van der Waals surface area contributed by atoms with Gasteiger partial charge in [0.2, 0.25) is 5.95 Å². The molecule has 0 N–H and O–H groups in total. The van der Waals surface area contributed by atoms with Crippen LogP contribution in [0.25, 0.3) is 17.2 Å². The largest absolute Gasteiger partial charge is 0.332 e. The first-order chi connectivity index (χ1) is 14.0. The maximum Gasteiger partial charge on any atom is 0.332 e. The van der Waals surface area contributed by atoms with Crippen molar-refractivity contribution in [2.75, 3.05) is 11.6 Å². The van der Waals surface area contributed by atoms with E-state index in [2.05, 4.69) is 17.0 Å². The van der Waals surface area contributed by atoms with Gasteiger partial charge in [0.25, 0.3) is 5.56 Å². The monoisotopic (exact) mass is 392 g/mol. The van der Waals surface area contributed by atoms with Crippen LogP contribution in [0.1, 0.15) is 25.8 Å². The van der Waals surface area contributed by atoms with Gasteiger partial charge in [0.05, 0.1) is 12.3 Å². The third-order valence-electron chi connectivity index (χ3n) is 4.95. The molecule has 0 atom stereocenters. The Kier molecular flexibility index (Phi) is 4.92. The first-order valence-corrected chi connectivity index (χ1v) is 9.74. The van der Waals surface area contributed by atoms with Gasteiger partial charge < -0.3 is 0 Å². The second-order valence-electron chi connectivity index (χ2n) is 7.20. The molecular weight excluding hydrogens is 368 g/mol. The highest BCUT2D eigenvalue weighted by Gasteiger charge is 2.25. The number of hydrazone groups is 1. The molecule has 0 fully saturated rings. The molecule has 8 nitrogen and oxygen atoms in total. The topological polar surface area (TPSA) is 77.4 Å². The van der Waals surface area contributed by atoms with Crippen molar-refractivity contribution in [3.63, 3.8) is 0 Å². The lowest BCUT2D eigenvalue weighted by Crippen LogP contribution is -2.39. The van der Waals surface area contributed by atoms with E-state index in [1.54, 1.807) is 7.05 Å². The van der Waals surface area contributed by atoms with Gasteiger partial charge in [-0.15, -0.1) is 0 Å². The number of aryl methyl sites for hydroxylation is 1. The Morgan fingerprint density at radius 1 is 1.17 bits per heavy atom. The molecule has 0 amide bonds. The molecule has 0 radical (unpaired) electrons. The number of hydrogen-bond acceptors (Lipinski definition) is 5. The predicted molar refractivity (Wildman–Crippen MR) is 115 cm³/mol. The lowest BCUT2D eigenvalue weighted by molar-refractivity contribution is 0.663. The van der Waals surface area contributed by atoms with Crippen molar-refractivity contribution in [1.29, 1.82) is 0 Å². The normalized spacial score (nSPS) is 13.9. The van der Waals surface area contributed by atoms with Crippen LogP contribution in [0.2, 0.25) is 0 Å². The molecule has 4 rings (SSSR count). The molecular formula is C21H24N6O2. The molecule has 1 aliphatic rings.